The van der Waals surface area contributed by atoms with E-state index in [2.05, 4.69) is 10.1 Å². The van der Waals surface area contributed by atoms with Crippen molar-refractivity contribution in [3.05, 3.63) is 40.3 Å². The Kier molecular flexibility index (Phi) is 2.90. The van der Waals surface area contributed by atoms with Crippen LogP contribution in [0.15, 0.2) is 24.7 Å². The molecular weight excluding hydrogens is 235 g/mol. The maximum atomic E-state index is 6.11. The van der Waals surface area contributed by atoms with Gasteiger partial charge in [0.15, 0.2) is 5.82 Å². The Labute approximate surface area is 96.6 Å². The smallest absolute Gasteiger partial charge is 0.172 e. The highest BCUT2D eigenvalue weighted by atomic mass is 35.5. The summed E-state index contributed by atoms with van der Waals surface area (Å²) in [5, 5.41) is 5.05. The summed E-state index contributed by atoms with van der Waals surface area (Å²) in [4.78, 5) is 4.12. The summed E-state index contributed by atoms with van der Waals surface area (Å²) in [7, 11) is 0. The SMILES string of the molecule is NCc1ccnc(-n2cc(Cl)cn2)c1Cl. The predicted octanol–water partition coefficient (Wildman–Crippen LogP) is 2.03. The van der Waals surface area contributed by atoms with E-state index in [-0.39, 0.29) is 0 Å². The molecule has 0 amide bonds. The second kappa shape index (κ2) is 4.18. The Morgan fingerprint density at radius 3 is 2.80 bits per heavy atom. The van der Waals surface area contributed by atoms with E-state index < -0.39 is 0 Å². The zero-order chi connectivity index (χ0) is 10.8. The lowest BCUT2D eigenvalue weighted by atomic mass is 10.2. The summed E-state index contributed by atoms with van der Waals surface area (Å²) in [6.45, 7) is 0.364. The average molecular weight is 243 g/mol. The van der Waals surface area contributed by atoms with E-state index in [0.717, 1.165) is 5.56 Å². The van der Waals surface area contributed by atoms with Crippen molar-refractivity contribution in [1.29, 1.82) is 0 Å². The van der Waals surface area contributed by atoms with Gasteiger partial charge in [0, 0.05) is 12.7 Å². The maximum Gasteiger partial charge on any atom is 0.172 e. The van der Waals surface area contributed by atoms with Crippen molar-refractivity contribution >= 4 is 23.2 Å². The quantitative estimate of drug-likeness (QED) is 0.877. The summed E-state index contributed by atoms with van der Waals surface area (Å²) in [6.07, 6.45) is 4.80. The van der Waals surface area contributed by atoms with Crippen molar-refractivity contribution in [3.63, 3.8) is 0 Å². The summed E-state index contributed by atoms with van der Waals surface area (Å²) in [6, 6.07) is 1.77. The zero-order valence-corrected chi connectivity index (χ0v) is 9.20. The van der Waals surface area contributed by atoms with Crippen LogP contribution in [-0.4, -0.2) is 14.8 Å². The molecule has 2 aromatic rings. The van der Waals surface area contributed by atoms with Crippen LogP contribution in [0.5, 0.6) is 0 Å². The van der Waals surface area contributed by atoms with Gasteiger partial charge in [-0.25, -0.2) is 9.67 Å². The van der Waals surface area contributed by atoms with Crippen molar-refractivity contribution in [2.24, 2.45) is 5.73 Å². The number of rotatable bonds is 2. The highest BCUT2D eigenvalue weighted by molar-refractivity contribution is 6.33. The Morgan fingerprint density at radius 1 is 1.40 bits per heavy atom. The Hall–Kier alpha value is -1.10. The average Bonchev–Trinajstić information content (AvgIpc) is 2.65. The topological polar surface area (TPSA) is 56.7 Å². The third-order valence-electron chi connectivity index (χ3n) is 1.94. The lowest BCUT2D eigenvalue weighted by Gasteiger charge is -2.06. The fraction of sp³-hybridized carbons (Fsp3) is 0.111. The molecule has 0 aliphatic carbocycles. The molecule has 0 bridgehead atoms. The molecule has 6 heteroatoms. The van der Waals surface area contributed by atoms with Crippen molar-refractivity contribution in [2.75, 3.05) is 0 Å². The third-order valence-corrected chi connectivity index (χ3v) is 2.55. The van der Waals surface area contributed by atoms with Crippen LogP contribution >= 0.6 is 23.2 Å². The molecule has 0 aliphatic heterocycles. The van der Waals surface area contributed by atoms with Crippen LogP contribution in [0.25, 0.3) is 5.82 Å². The first kappa shape index (κ1) is 10.4. The molecule has 0 radical (unpaired) electrons. The first-order valence-electron chi connectivity index (χ1n) is 4.26. The number of nitrogens with zero attached hydrogens (tertiary/aromatic N) is 3. The van der Waals surface area contributed by atoms with Crippen LogP contribution in [0.2, 0.25) is 10.0 Å². The Bertz CT molecular complexity index is 481. The number of hydrogen-bond acceptors (Lipinski definition) is 3. The van der Waals surface area contributed by atoms with Crippen LogP contribution in [-0.2, 0) is 6.54 Å². The normalized spacial score (nSPS) is 10.6. The van der Waals surface area contributed by atoms with E-state index >= 15 is 0 Å². The monoisotopic (exact) mass is 242 g/mol. The standard InChI is InChI=1S/C9H8Cl2N4/c10-7-4-14-15(5-7)9-8(11)6(3-12)1-2-13-9/h1-2,4-5H,3,12H2. The van der Waals surface area contributed by atoms with Gasteiger partial charge in [-0.3, -0.25) is 0 Å². The lowest BCUT2D eigenvalue weighted by molar-refractivity contribution is 0.842. The molecule has 2 heterocycles. The maximum absolute atomic E-state index is 6.11. The zero-order valence-electron chi connectivity index (χ0n) is 7.69. The molecule has 15 heavy (non-hydrogen) atoms. The van der Waals surface area contributed by atoms with Crippen LogP contribution in [0.3, 0.4) is 0 Å². The van der Waals surface area contributed by atoms with E-state index in [0.29, 0.717) is 22.4 Å². The highest BCUT2D eigenvalue weighted by Crippen LogP contribution is 2.22. The van der Waals surface area contributed by atoms with Gasteiger partial charge in [0.05, 0.1) is 22.4 Å². The van der Waals surface area contributed by atoms with E-state index in [4.69, 9.17) is 28.9 Å². The summed E-state index contributed by atoms with van der Waals surface area (Å²) >= 11 is 11.9. The number of pyridine rings is 1. The van der Waals surface area contributed by atoms with Crippen LogP contribution < -0.4 is 5.73 Å². The molecule has 2 N–H and O–H groups in total. The van der Waals surface area contributed by atoms with Gasteiger partial charge in [0.2, 0.25) is 0 Å². The fourth-order valence-electron chi connectivity index (χ4n) is 1.21. The first-order chi connectivity index (χ1) is 7.22. The molecule has 2 rings (SSSR count). The fourth-order valence-corrected chi connectivity index (χ4v) is 1.62. The molecule has 0 saturated carbocycles. The molecule has 0 saturated heterocycles. The summed E-state index contributed by atoms with van der Waals surface area (Å²) in [5.74, 6) is 0.534. The van der Waals surface area contributed by atoms with E-state index in [1.807, 2.05) is 0 Å². The molecule has 0 aliphatic rings. The molecule has 0 aromatic carbocycles. The molecule has 2 aromatic heterocycles. The van der Waals surface area contributed by atoms with E-state index in [1.54, 1.807) is 18.5 Å². The van der Waals surface area contributed by atoms with Gasteiger partial charge in [-0.05, 0) is 11.6 Å². The lowest BCUT2D eigenvalue weighted by Crippen LogP contribution is -2.04. The molecular formula is C9H8Cl2N4. The largest absolute Gasteiger partial charge is 0.326 e. The Morgan fingerprint density at radius 2 is 2.20 bits per heavy atom. The Balaban J connectivity index is 2.53. The van der Waals surface area contributed by atoms with Gasteiger partial charge in [-0.1, -0.05) is 23.2 Å². The van der Waals surface area contributed by atoms with Crippen LogP contribution in [0, 0.1) is 0 Å². The van der Waals surface area contributed by atoms with Crippen molar-refractivity contribution in [3.8, 4) is 5.82 Å². The van der Waals surface area contributed by atoms with Crippen molar-refractivity contribution < 1.29 is 0 Å². The molecule has 4 nitrogen and oxygen atoms in total. The predicted molar refractivity (Wildman–Crippen MR) is 59.3 cm³/mol. The number of aromatic nitrogens is 3. The van der Waals surface area contributed by atoms with E-state index in [1.165, 1.54) is 10.9 Å². The van der Waals surface area contributed by atoms with Gasteiger partial charge in [0.1, 0.15) is 0 Å². The number of hydrogen-bond donors (Lipinski definition) is 1. The van der Waals surface area contributed by atoms with Gasteiger partial charge in [0.25, 0.3) is 0 Å². The second-order valence-electron chi connectivity index (χ2n) is 2.91. The third kappa shape index (κ3) is 1.97. The minimum Gasteiger partial charge on any atom is -0.326 e. The minimum atomic E-state index is 0.364. The van der Waals surface area contributed by atoms with Crippen molar-refractivity contribution in [1.82, 2.24) is 14.8 Å². The van der Waals surface area contributed by atoms with Gasteiger partial charge >= 0.3 is 0 Å². The van der Waals surface area contributed by atoms with Gasteiger partial charge < -0.3 is 5.73 Å². The van der Waals surface area contributed by atoms with Crippen molar-refractivity contribution in [2.45, 2.75) is 6.54 Å². The van der Waals surface area contributed by atoms with Gasteiger partial charge in [-0.2, -0.15) is 5.10 Å². The van der Waals surface area contributed by atoms with Gasteiger partial charge in [-0.15, -0.1) is 0 Å². The molecule has 0 spiro atoms. The first-order valence-corrected chi connectivity index (χ1v) is 5.02. The van der Waals surface area contributed by atoms with Crippen LogP contribution in [0.1, 0.15) is 5.56 Å². The molecule has 0 atom stereocenters. The minimum absolute atomic E-state index is 0.364. The second-order valence-corrected chi connectivity index (χ2v) is 3.73. The summed E-state index contributed by atoms with van der Waals surface area (Å²) < 4.78 is 1.52. The molecule has 0 fully saturated rings. The molecule has 0 unspecified atom stereocenters. The van der Waals surface area contributed by atoms with E-state index in [9.17, 15) is 0 Å². The van der Waals surface area contributed by atoms with Crippen LogP contribution in [0.4, 0.5) is 0 Å². The summed E-state index contributed by atoms with van der Waals surface area (Å²) in [5.41, 5.74) is 6.36. The number of halogens is 2. The highest BCUT2D eigenvalue weighted by Gasteiger charge is 2.09. The molecule has 78 valence electrons. The number of nitrogens with two attached hydrogens (primary N) is 1.